The smallest absolute Gasteiger partial charge is 0.276 e. The largest absolute Gasteiger partial charge is 0.484 e. The number of aryl methyl sites for hydroxylation is 2. The summed E-state index contributed by atoms with van der Waals surface area (Å²) in [6, 6.07) is 16.9. The minimum Gasteiger partial charge on any atom is -0.484 e. The van der Waals surface area contributed by atoms with Crippen LogP contribution in [-0.4, -0.2) is 23.0 Å². The highest BCUT2D eigenvalue weighted by molar-refractivity contribution is 5.98. The molecule has 0 spiro atoms. The van der Waals surface area contributed by atoms with Crippen molar-refractivity contribution in [2.75, 3.05) is 6.61 Å². The lowest BCUT2D eigenvalue weighted by Crippen LogP contribution is -2.44. The summed E-state index contributed by atoms with van der Waals surface area (Å²) < 4.78 is 7.39. The zero-order valence-corrected chi connectivity index (χ0v) is 15.4. The summed E-state index contributed by atoms with van der Waals surface area (Å²) in [6.45, 7) is -0.168. The highest BCUT2D eigenvalue weighted by Crippen LogP contribution is 2.25. The van der Waals surface area contributed by atoms with E-state index in [2.05, 4.69) is 16.9 Å². The number of fused-ring (bicyclic) bond motifs is 1. The van der Waals surface area contributed by atoms with Crippen LogP contribution in [0.2, 0.25) is 0 Å². The summed E-state index contributed by atoms with van der Waals surface area (Å²) >= 11 is 0. The van der Waals surface area contributed by atoms with E-state index in [-0.39, 0.29) is 6.61 Å². The van der Waals surface area contributed by atoms with E-state index in [0.717, 1.165) is 24.9 Å². The van der Waals surface area contributed by atoms with Crippen LogP contribution in [0, 0.1) is 0 Å². The number of nitrogens with zero attached hydrogens (tertiary/aromatic N) is 1. The third kappa shape index (κ3) is 3.91. The molecule has 0 aliphatic heterocycles. The number of benzene rings is 2. The first-order valence-corrected chi connectivity index (χ1v) is 9.27. The maximum atomic E-state index is 12.5. The predicted molar refractivity (Wildman–Crippen MR) is 105 cm³/mol. The molecule has 2 amide bonds. The molecular formula is C22H21N3O3. The van der Waals surface area contributed by atoms with E-state index in [9.17, 15) is 9.59 Å². The van der Waals surface area contributed by atoms with Gasteiger partial charge >= 0.3 is 0 Å². The summed E-state index contributed by atoms with van der Waals surface area (Å²) in [7, 11) is 0. The molecule has 1 aliphatic rings. The maximum absolute atomic E-state index is 12.5. The molecule has 0 bridgehead atoms. The highest BCUT2D eigenvalue weighted by atomic mass is 16.5. The Morgan fingerprint density at radius 3 is 2.57 bits per heavy atom. The Labute approximate surface area is 163 Å². The maximum Gasteiger partial charge on any atom is 0.276 e. The number of aromatic nitrogens is 1. The minimum atomic E-state index is -0.424. The van der Waals surface area contributed by atoms with Crippen molar-refractivity contribution in [1.82, 2.24) is 15.4 Å². The Kier molecular flexibility index (Phi) is 5.10. The molecule has 0 saturated heterocycles. The number of hydrogen-bond acceptors (Lipinski definition) is 3. The Morgan fingerprint density at radius 1 is 0.929 bits per heavy atom. The fourth-order valence-electron chi connectivity index (χ4n) is 3.40. The van der Waals surface area contributed by atoms with Crippen LogP contribution in [0.3, 0.4) is 0 Å². The van der Waals surface area contributed by atoms with Crippen molar-refractivity contribution in [3.05, 3.63) is 83.7 Å². The molecule has 6 nitrogen and oxygen atoms in total. The standard InChI is InChI=1S/C22H21N3O3/c26-21(15-28-18-11-10-16-6-5-7-17(16)14-18)23-24-22(27)19-8-1-2-9-20(19)25-12-3-4-13-25/h1-4,8-14H,5-7,15H2,(H,23,26)(H,24,27). The summed E-state index contributed by atoms with van der Waals surface area (Å²) in [5.74, 6) is -0.150. The van der Waals surface area contributed by atoms with Crippen LogP contribution < -0.4 is 15.6 Å². The van der Waals surface area contributed by atoms with Gasteiger partial charge in [-0.2, -0.15) is 0 Å². The second-order valence-corrected chi connectivity index (χ2v) is 6.68. The van der Waals surface area contributed by atoms with Gasteiger partial charge in [-0.25, -0.2) is 0 Å². The lowest BCUT2D eigenvalue weighted by atomic mass is 10.1. The first-order valence-electron chi connectivity index (χ1n) is 9.27. The van der Waals surface area contributed by atoms with Gasteiger partial charge in [0.25, 0.3) is 11.8 Å². The molecular weight excluding hydrogens is 354 g/mol. The van der Waals surface area contributed by atoms with Crippen molar-refractivity contribution in [2.24, 2.45) is 0 Å². The molecule has 3 aromatic rings. The second-order valence-electron chi connectivity index (χ2n) is 6.68. The average Bonchev–Trinajstić information content (AvgIpc) is 3.42. The van der Waals surface area contributed by atoms with Crippen molar-refractivity contribution < 1.29 is 14.3 Å². The van der Waals surface area contributed by atoms with Crippen molar-refractivity contribution in [3.63, 3.8) is 0 Å². The van der Waals surface area contributed by atoms with Gasteiger partial charge in [0, 0.05) is 12.4 Å². The Balaban J connectivity index is 1.32. The summed E-state index contributed by atoms with van der Waals surface area (Å²) in [5, 5.41) is 0. The first-order chi connectivity index (χ1) is 13.7. The number of hydrogen-bond donors (Lipinski definition) is 2. The van der Waals surface area contributed by atoms with Crippen molar-refractivity contribution in [2.45, 2.75) is 19.3 Å². The fraction of sp³-hybridized carbons (Fsp3) is 0.182. The Hall–Kier alpha value is -3.54. The average molecular weight is 375 g/mol. The van der Waals surface area contributed by atoms with E-state index in [1.54, 1.807) is 12.1 Å². The molecule has 0 atom stereocenters. The van der Waals surface area contributed by atoms with Crippen molar-refractivity contribution in [3.8, 4) is 11.4 Å². The molecule has 0 radical (unpaired) electrons. The lowest BCUT2D eigenvalue weighted by Gasteiger charge is -2.12. The molecule has 1 aromatic heterocycles. The van der Waals surface area contributed by atoms with Gasteiger partial charge in [0.2, 0.25) is 0 Å². The van der Waals surface area contributed by atoms with Crippen LogP contribution in [-0.2, 0) is 17.6 Å². The van der Waals surface area contributed by atoms with Crippen LogP contribution in [0.1, 0.15) is 27.9 Å². The monoisotopic (exact) mass is 375 g/mol. The molecule has 1 heterocycles. The van der Waals surface area contributed by atoms with Gasteiger partial charge in [0.05, 0.1) is 11.3 Å². The zero-order valence-electron chi connectivity index (χ0n) is 15.4. The molecule has 1 aliphatic carbocycles. The number of hydrazine groups is 1. The van der Waals surface area contributed by atoms with E-state index in [4.69, 9.17) is 4.74 Å². The van der Waals surface area contributed by atoms with E-state index in [1.165, 1.54) is 11.1 Å². The van der Waals surface area contributed by atoms with Crippen LogP contribution >= 0.6 is 0 Å². The number of para-hydroxylation sites is 1. The van der Waals surface area contributed by atoms with E-state index >= 15 is 0 Å². The summed E-state index contributed by atoms with van der Waals surface area (Å²) in [6.07, 6.45) is 7.03. The van der Waals surface area contributed by atoms with Crippen LogP contribution in [0.25, 0.3) is 5.69 Å². The number of rotatable bonds is 5. The van der Waals surface area contributed by atoms with Gasteiger partial charge in [-0.15, -0.1) is 0 Å². The third-order valence-electron chi connectivity index (χ3n) is 4.79. The van der Waals surface area contributed by atoms with Crippen LogP contribution in [0.4, 0.5) is 0 Å². The van der Waals surface area contributed by atoms with Gasteiger partial charge in [0.15, 0.2) is 6.61 Å². The van der Waals surface area contributed by atoms with Gasteiger partial charge in [-0.1, -0.05) is 18.2 Å². The lowest BCUT2D eigenvalue weighted by molar-refractivity contribution is -0.123. The van der Waals surface area contributed by atoms with E-state index in [1.807, 2.05) is 53.4 Å². The molecule has 0 saturated carbocycles. The normalized spacial score (nSPS) is 12.3. The number of carbonyl (C=O) groups is 2. The summed E-state index contributed by atoms with van der Waals surface area (Å²) in [4.78, 5) is 24.5. The van der Waals surface area contributed by atoms with E-state index in [0.29, 0.717) is 11.3 Å². The fourth-order valence-corrected chi connectivity index (χ4v) is 3.40. The zero-order chi connectivity index (χ0) is 19.3. The van der Waals surface area contributed by atoms with E-state index < -0.39 is 11.8 Å². The first kappa shape index (κ1) is 17.9. The van der Waals surface area contributed by atoms with Gasteiger partial charge in [-0.3, -0.25) is 20.4 Å². The van der Waals surface area contributed by atoms with Gasteiger partial charge in [0.1, 0.15) is 5.75 Å². The molecule has 142 valence electrons. The third-order valence-corrected chi connectivity index (χ3v) is 4.79. The van der Waals surface area contributed by atoms with Gasteiger partial charge in [-0.05, 0) is 66.8 Å². The minimum absolute atomic E-state index is 0.168. The second kappa shape index (κ2) is 8.00. The highest BCUT2D eigenvalue weighted by Gasteiger charge is 2.14. The SMILES string of the molecule is O=C(COc1ccc2c(c1)CCC2)NNC(=O)c1ccccc1-n1cccc1. The topological polar surface area (TPSA) is 72.4 Å². The van der Waals surface area contributed by atoms with Gasteiger partial charge < -0.3 is 9.30 Å². The number of nitrogens with one attached hydrogen (secondary N) is 2. The molecule has 2 aromatic carbocycles. The molecule has 0 unspecified atom stereocenters. The quantitative estimate of drug-likeness (QED) is 0.674. The number of amides is 2. The van der Waals surface area contributed by atoms with Crippen molar-refractivity contribution in [1.29, 1.82) is 0 Å². The molecule has 2 N–H and O–H groups in total. The molecule has 28 heavy (non-hydrogen) atoms. The number of carbonyl (C=O) groups excluding carboxylic acids is 2. The summed E-state index contributed by atoms with van der Waals surface area (Å²) in [5.41, 5.74) is 8.67. The molecule has 6 heteroatoms. The Bertz CT molecular complexity index is 996. The molecule has 0 fully saturated rings. The van der Waals surface area contributed by atoms with Crippen LogP contribution in [0.5, 0.6) is 5.75 Å². The van der Waals surface area contributed by atoms with Crippen LogP contribution in [0.15, 0.2) is 67.0 Å². The Morgan fingerprint density at radius 2 is 1.71 bits per heavy atom. The predicted octanol–water partition coefficient (Wildman–Crippen LogP) is 2.81. The number of ether oxygens (including phenoxy) is 1. The molecule has 4 rings (SSSR count). The van der Waals surface area contributed by atoms with Crippen molar-refractivity contribution >= 4 is 11.8 Å².